The lowest BCUT2D eigenvalue weighted by Gasteiger charge is -2.13. The molecule has 3 rings (SSSR count). The normalized spacial score (nSPS) is 10.3. The number of anilines is 1. The van der Waals surface area contributed by atoms with Gasteiger partial charge in [0.25, 0.3) is 0 Å². The summed E-state index contributed by atoms with van der Waals surface area (Å²) in [6.07, 6.45) is 0.111. The van der Waals surface area contributed by atoms with Crippen LogP contribution in [0.4, 0.5) is 5.69 Å². The maximum atomic E-state index is 12.4. The van der Waals surface area contributed by atoms with Crippen LogP contribution in [-0.4, -0.2) is 45.3 Å². The third kappa shape index (κ3) is 5.13. The number of carbonyl (C=O) groups excluding carboxylic acids is 2. The van der Waals surface area contributed by atoms with E-state index in [-0.39, 0.29) is 12.3 Å². The number of ether oxygens (including phenoxy) is 4. The lowest BCUT2D eigenvalue weighted by atomic mass is 10.2. The van der Waals surface area contributed by atoms with E-state index in [2.05, 4.69) is 15.0 Å². The zero-order valence-electron chi connectivity index (χ0n) is 17.6. The second-order valence-electron chi connectivity index (χ2n) is 6.35. The molecule has 0 bridgehead atoms. The standard InChI is InChI=1S/C22H22N2O6S/c1-27-17-9-14(10-18(28-2)20(17)29-3)21-24-16(12-31-21)11-19(25)23-15-7-5-13(6-8-15)22(26)30-4/h5-10,12H,11H2,1-4H3,(H,23,25). The molecule has 1 amide bonds. The van der Waals surface area contributed by atoms with Gasteiger partial charge >= 0.3 is 5.97 Å². The first-order valence-corrected chi connectivity index (χ1v) is 10.1. The number of rotatable bonds is 8. The number of aromatic nitrogens is 1. The number of hydrogen-bond acceptors (Lipinski definition) is 8. The van der Waals surface area contributed by atoms with E-state index in [1.165, 1.54) is 18.4 Å². The highest BCUT2D eigenvalue weighted by Gasteiger charge is 2.16. The van der Waals surface area contributed by atoms with Crippen molar-refractivity contribution in [3.05, 3.63) is 53.0 Å². The summed E-state index contributed by atoms with van der Waals surface area (Å²) in [5, 5.41) is 5.35. The molecule has 9 heteroatoms. The molecule has 0 aliphatic heterocycles. The van der Waals surface area contributed by atoms with Gasteiger partial charge in [0.15, 0.2) is 11.5 Å². The van der Waals surface area contributed by atoms with Crippen LogP contribution in [0.15, 0.2) is 41.8 Å². The predicted octanol–water partition coefficient (Wildman–Crippen LogP) is 3.80. The van der Waals surface area contributed by atoms with Gasteiger partial charge in [-0.25, -0.2) is 9.78 Å². The molecule has 0 saturated carbocycles. The van der Waals surface area contributed by atoms with Gasteiger partial charge in [-0.2, -0.15) is 0 Å². The average Bonchev–Trinajstić information content (AvgIpc) is 3.26. The second kappa shape index (κ2) is 9.94. The largest absolute Gasteiger partial charge is 0.493 e. The highest BCUT2D eigenvalue weighted by Crippen LogP contribution is 2.41. The molecule has 0 atom stereocenters. The van der Waals surface area contributed by atoms with E-state index in [1.807, 2.05) is 17.5 Å². The Kier molecular flexibility index (Phi) is 7.09. The minimum atomic E-state index is -0.431. The Hall–Kier alpha value is -3.59. The number of nitrogens with zero attached hydrogens (tertiary/aromatic N) is 1. The van der Waals surface area contributed by atoms with Crippen LogP contribution in [0.2, 0.25) is 0 Å². The molecule has 3 aromatic rings. The van der Waals surface area contributed by atoms with Crippen molar-refractivity contribution in [3.8, 4) is 27.8 Å². The Bertz CT molecular complexity index is 1050. The molecular formula is C22H22N2O6S. The maximum absolute atomic E-state index is 12.4. The van der Waals surface area contributed by atoms with Crippen LogP contribution in [-0.2, 0) is 16.0 Å². The van der Waals surface area contributed by atoms with Crippen molar-refractivity contribution in [2.24, 2.45) is 0 Å². The van der Waals surface area contributed by atoms with E-state index in [0.717, 1.165) is 10.6 Å². The number of amides is 1. The number of hydrogen-bond donors (Lipinski definition) is 1. The molecule has 0 spiro atoms. The minimum Gasteiger partial charge on any atom is -0.493 e. The molecule has 1 heterocycles. The van der Waals surface area contributed by atoms with Crippen molar-refractivity contribution in [1.29, 1.82) is 0 Å². The van der Waals surface area contributed by atoms with E-state index in [9.17, 15) is 9.59 Å². The smallest absolute Gasteiger partial charge is 0.337 e. The van der Waals surface area contributed by atoms with Gasteiger partial charge in [0.05, 0.1) is 46.1 Å². The third-order valence-electron chi connectivity index (χ3n) is 4.39. The Labute approximate surface area is 183 Å². The van der Waals surface area contributed by atoms with Gasteiger partial charge in [0.2, 0.25) is 11.7 Å². The van der Waals surface area contributed by atoms with Crippen molar-refractivity contribution in [2.45, 2.75) is 6.42 Å². The van der Waals surface area contributed by atoms with Crippen molar-refractivity contribution in [1.82, 2.24) is 4.98 Å². The molecule has 0 fully saturated rings. The number of benzene rings is 2. The Balaban J connectivity index is 1.71. The van der Waals surface area contributed by atoms with E-state index in [0.29, 0.717) is 34.2 Å². The van der Waals surface area contributed by atoms with Crippen LogP contribution in [0.25, 0.3) is 10.6 Å². The van der Waals surface area contributed by atoms with Gasteiger partial charge in [0, 0.05) is 16.6 Å². The van der Waals surface area contributed by atoms with Crippen LogP contribution in [0.3, 0.4) is 0 Å². The lowest BCUT2D eigenvalue weighted by Crippen LogP contribution is -2.14. The van der Waals surface area contributed by atoms with E-state index in [4.69, 9.17) is 14.2 Å². The molecule has 1 aromatic heterocycles. The molecular weight excluding hydrogens is 420 g/mol. The van der Waals surface area contributed by atoms with E-state index >= 15 is 0 Å². The Morgan fingerprint density at radius 1 is 0.968 bits per heavy atom. The lowest BCUT2D eigenvalue weighted by molar-refractivity contribution is -0.115. The average molecular weight is 442 g/mol. The van der Waals surface area contributed by atoms with Crippen LogP contribution in [0, 0.1) is 0 Å². The summed E-state index contributed by atoms with van der Waals surface area (Å²) in [4.78, 5) is 28.4. The quantitative estimate of drug-likeness (QED) is 0.530. The van der Waals surface area contributed by atoms with Crippen LogP contribution in [0.5, 0.6) is 17.2 Å². The van der Waals surface area contributed by atoms with Gasteiger partial charge in [-0.1, -0.05) is 0 Å². The number of nitrogens with one attached hydrogen (secondary N) is 1. The molecule has 1 N–H and O–H groups in total. The summed E-state index contributed by atoms with van der Waals surface area (Å²) in [5.74, 6) is 0.916. The Morgan fingerprint density at radius 3 is 2.16 bits per heavy atom. The second-order valence-corrected chi connectivity index (χ2v) is 7.21. The first-order chi connectivity index (χ1) is 15.0. The summed E-state index contributed by atoms with van der Waals surface area (Å²) < 4.78 is 20.8. The number of methoxy groups -OCH3 is 4. The zero-order chi connectivity index (χ0) is 22.4. The van der Waals surface area contributed by atoms with Crippen LogP contribution >= 0.6 is 11.3 Å². The Morgan fingerprint density at radius 2 is 1.61 bits per heavy atom. The van der Waals surface area contributed by atoms with E-state index in [1.54, 1.807) is 45.6 Å². The van der Waals surface area contributed by atoms with Crippen LogP contribution in [0.1, 0.15) is 16.1 Å². The topological polar surface area (TPSA) is 96.0 Å². The fourth-order valence-electron chi connectivity index (χ4n) is 2.90. The molecule has 0 saturated heterocycles. The molecule has 2 aromatic carbocycles. The van der Waals surface area contributed by atoms with Gasteiger partial charge < -0.3 is 24.3 Å². The highest BCUT2D eigenvalue weighted by atomic mass is 32.1. The monoisotopic (exact) mass is 442 g/mol. The van der Waals surface area contributed by atoms with Crippen molar-refractivity contribution in [3.63, 3.8) is 0 Å². The minimum absolute atomic E-state index is 0.111. The number of esters is 1. The van der Waals surface area contributed by atoms with Gasteiger partial charge in [-0.05, 0) is 36.4 Å². The fraction of sp³-hybridized carbons (Fsp3) is 0.227. The van der Waals surface area contributed by atoms with Gasteiger partial charge in [0.1, 0.15) is 5.01 Å². The van der Waals surface area contributed by atoms with Crippen molar-refractivity contribution < 1.29 is 28.5 Å². The summed E-state index contributed by atoms with van der Waals surface area (Å²) in [5.41, 5.74) is 2.43. The molecule has 162 valence electrons. The molecule has 0 aliphatic rings. The number of carbonyl (C=O) groups is 2. The highest BCUT2D eigenvalue weighted by molar-refractivity contribution is 7.13. The molecule has 0 radical (unpaired) electrons. The fourth-order valence-corrected chi connectivity index (χ4v) is 3.71. The van der Waals surface area contributed by atoms with E-state index < -0.39 is 5.97 Å². The summed E-state index contributed by atoms with van der Waals surface area (Å²) in [6.45, 7) is 0. The first kappa shape index (κ1) is 22.1. The maximum Gasteiger partial charge on any atom is 0.337 e. The SMILES string of the molecule is COC(=O)c1ccc(NC(=O)Cc2csc(-c3cc(OC)c(OC)c(OC)c3)n2)cc1. The number of thiazole rings is 1. The molecule has 8 nitrogen and oxygen atoms in total. The summed E-state index contributed by atoms with van der Waals surface area (Å²) >= 11 is 1.42. The summed E-state index contributed by atoms with van der Waals surface area (Å²) in [7, 11) is 5.97. The van der Waals surface area contributed by atoms with Gasteiger partial charge in [-0.15, -0.1) is 11.3 Å². The molecule has 0 aliphatic carbocycles. The predicted molar refractivity (Wildman–Crippen MR) is 117 cm³/mol. The van der Waals surface area contributed by atoms with Gasteiger partial charge in [-0.3, -0.25) is 4.79 Å². The molecule has 0 unspecified atom stereocenters. The zero-order valence-corrected chi connectivity index (χ0v) is 18.4. The third-order valence-corrected chi connectivity index (χ3v) is 5.34. The first-order valence-electron chi connectivity index (χ1n) is 9.22. The van der Waals surface area contributed by atoms with Crippen molar-refractivity contribution >= 4 is 28.9 Å². The van der Waals surface area contributed by atoms with Crippen molar-refractivity contribution in [2.75, 3.05) is 33.8 Å². The molecule has 31 heavy (non-hydrogen) atoms. The summed E-state index contributed by atoms with van der Waals surface area (Å²) in [6, 6.07) is 10.1. The van der Waals surface area contributed by atoms with Crippen LogP contribution < -0.4 is 19.5 Å².